The monoisotopic (exact) mass is 402 g/mol. The number of hydrogen-bond donors (Lipinski definition) is 2. The molecule has 1 atom stereocenters. The van der Waals surface area contributed by atoms with Gasteiger partial charge in [0.1, 0.15) is 0 Å². The van der Waals surface area contributed by atoms with Crippen LogP contribution in [0.5, 0.6) is 0 Å². The maximum Gasteiger partial charge on any atom is 0.191 e. The van der Waals surface area contributed by atoms with Crippen LogP contribution in [0.2, 0.25) is 0 Å². The summed E-state index contributed by atoms with van der Waals surface area (Å²) in [4.78, 5) is 7.33. The van der Waals surface area contributed by atoms with Gasteiger partial charge in [0.15, 0.2) is 5.96 Å². The highest BCUT2D eigenvalue weighted by Gasteiger charge is 2.38. The molecule has 1 aliphatic heterocycles. The van der Waals surface area contributed by atoms with Gasteiger partial charge in [-0.3, -0.25) is 14.6 Å². The second kappa shape index (κ2) is 9.96. The van der Waals surface area contributed by atoms with Gasteiger partial charge in [-0.05, 0) is 71.5 Å². The molecule has 6 heteroatoms. The van der Waals surface area contributed by atoms with Crippen molar-refractivity contribution < 1.29 is 0 Å². The molecule has 0 spiro atoms. The summed E-state index contributed by atoms with van der Waals surface area (Å²) in [6.45, 7) is 10.0. The largest absolute Gasteiger partial charge is 0.355 e. The van der Waals surface area contributed by atoms with Crippen LogP contribution in [-0.2, 0) is 13.5 Å². The number of aliphatic imine (C=N–C) groups is 1. The summed E-state index contributed by atoms with van der Waals surface area (Å²) in [5, 5.41) is 11.9. The van der Waals surface area contributed by atoms with Crippen LogP contribution in [-0.4, -0.2) is 58.9 Å². The highest BCUT2D eigenvalue weighted by atomic mass is 15.3. The molecule has 2 N–H and O–H groups in total. The van der Waals surface area contributed by atoms with Crippen LogP contribution in [0.25, 0.3) is 0 Å². The molecule has 1 saturated carbocycles. The molecular weight excluding hydrogens is 360 g/mol. The van der Waals surface area contributed by atoms with Crippen LogP contribution < -0.4 is 10.6 Å². The lowest BCUT2D eigenvalue weighted by Gasteiger charge is -2.48. The van der Waals surface area contributed by atoms with Crippen molar-refractivity contribution in [3.05, 3.63) is 17.0 Å². The van der Waals surface area contributed by atoms with E-state index in [1.165, 1.54) is 75.7 Å². The van der Waals surface area contributed by atoms with Gasteiger partial charge in [-0.2, -0.15) is 5.10 Å². The molecule has 1 aromatic heterocycles. The zero-order chi connectivity index (χ0) is 20.9. The maximum atomic E-state index is 4.56. The van der Waals surface area contributed by atoms with Crippen LogP contribution in [0.1, 0.15) is 75.2 Å². The van der Waals surface area contributed by atoms with Crippen molar-refractivity contribution in [2.24, 2.45) is 12.0 Å². The van der Waals surface area contributed by atoms with Crippen LogP contribution in [0.15, 0.2) is 4.99 Å². The molecule has 1 unspecified atom stereocenters. The summed E-state index contributed by atoms with van der Waals surface area (Å²) >= 11 is 0. The summed E-state index contributed by atoms with van der Waals surface area (Å²) in [6, 6.07) is 0.306. The Morgan fingerprint density at radius 2 is 1.76 bits per heavy atom. The minimum Gasteiger partial charge on any atom is -0.355 e. The predicted octanol–water partition coefficient (Wildman–Crippen LogP) is 3.32. The predicted molar refractivity (Wildman–Crippen MR) is 122 cm³/mol. The molecule has 0 radical (unpaired) electrons. The summed E-state index contributed by atoms with van der Waals surface area (Å²) in [6.07, 6.45) is 11.8. The third-order valence-electron chi connectivity index (χ3n) is 7.17. The summed E-state index contributed by atoms with van der Waals surface area (Å²) < 4.78 is 1.98. The standard InChI is InChI=1S/C23H42N6/c1-18(16-21-19(2)27-28(5)20(21)3)26-22(24-4)25-17-23(12-8-6-9-13-23)29-14-10-7-11-15-29/h18H,6-17H2,1-5H3,(H2,24,25,26). The van der Waals surface area contributed by atoms with Crippen molar-refractivity contribution in [2.45, 2.75) is 90.1 Å². The first-order valence-corrected chi connectivity index (χ1v) is 11.7. The van der Waals surface area contributed by atoms with Gasteiger partial charge in [-0.1, -0.05) is 25.7 Å². The zero-order valence-corrected chi connectivity index (χ0v) is 19.4. The van der Waals surface area contributed by atoms with Crippen LogP contribution >= 0.6 is 0 Å². The first kappa shape index (κ1) is 22.1. The summed E-state index contributed by atoms with van der Waals surface area (Å²) in [7, 11) is 3.91. The number of piperidine rings is 1. The molecule has 2 aliphatic rings. The minimum absolute atomic E-state index is 0.306. The molecule has 0 aromatic carbocycles. The molecule has 0 bridgehead atoms. The molecule has 29 heavy (non-hydrogen) atoms. The topological polar surface area (TPSA) is 57.5 Å². The molecule has 1 aromatic rings. The Bertz CT molecular complexity index is 680. The fraction of sp³-hybridized carbons (Fsp3) is 0.826. The van der Waals surface area contributed by atoms with E-state index < -0.39 is 0 Å². The van der Waals surface area contributed by atoms with E-state index in [4.69, 9.17) is 0 Å². The Labute approximate surface area is 177 Å². The van der Waals surface area contributed by atoms with Crippen LogP contribution in [0.4, 0.5) is 0 Å². The maximum absolute atomic E-state index is 4.56. The molecule has 164 valence electrons. The lowest BCUT2D eigenvalue weighted by Crippen LogP contribution is -2.59. The number of guanidine groups is 1. The van der Waals surface area contributed by atoms with Gasteiger partial charge in [0.05, 0.1) is 5.69 Å². The molecule has 2 fully saturated rings. The molecular formula is C23H42N6. The minimum atomic E-state index is 0.306. The quantitative estimate of drug-likeness (QED) is 0.566. The molecule has 3 rings (SSSR count). The second-order valence-corrected chi connectivity index (χ2v) is 9.28. The Hall–Kier alpha value is -1.56. The van der Waals surface area contributed by atoms with E-state index in [0.29, 0.717) is 11.6 Å². The number of hydrogen-bond acceptors (Lipinski definition) is 3. The van der Waals surface area contributed by atoms with Gasteiger partial charge in [-0.15, -0.1) is 0 Å². The van der Waals surface area contributed by atoms with Crippen molar-refractivity contribution in [2.75, 3.05) is 26.7 Å². The number of nitrogens with zero attached hydrogens (tertiary/aromatic N) is 4. The van der Waals surface area contributed by atoms with E-state index in [0.717, 1.165) is 24.6 Å². The normalized spacial score (nSPS) is 21.8. The third kappa shape index (κ3) is 5.33. The molecule has 2 heterocycles. The lowest BCUT2D eigenvalue weighted by atomic mass is 9.79. The first-order chi connectivity index (χ1) is 13.9. The first-order valence-electron chi connectivity index (χ1n) is 11.7. The third-order valence-corrected chi connectivity index (χ3v) is 7.17. The van der Waals surface area contributed by atoms with E-state index in [-0.39, 0.29) is 0 Å². The summed E-state index contributed by atoms with van der Waals surface area (Å²) in [5.74, 6) is 0.929. The number of aryl methyl sites for hydroxylation is 2. The van der Waals surface area contributed by atoms with Crippen molar-refractivity contribution in [1.82, 2.24) is 25.3 Å². The van der Waals surface area contributed by atoms with E-state index in [9.17, 15) is 0 Å². The van der Waals surface area contributed by atoms with Crippen molar-refractivity contribution in [3.63, 3.8) is 0 Å². The SMILES string of the molecule is CN=C(NCC1(N2CCCCC2)CCCCC1)NC(C)Cc1c(C)nn(C)c1C. The molecule has 0 amide bonds. The van der Waals surface area contributed by atoms with Gasteiger partial charge < -0.3 is 10.6 Å². The lowest BCUT2D eigenvalue weighted by molar-refractivity contribution is 0.0368. The van der Waals surface area contributed by atoms with Crippen LogP contribution in [0, 0.1) is 13.8 Å². The second-order valence-electron chi connectivity index (χ2n) is 9.28. The van der Waals surface area contributed by atoms with Crippen molar-refractivity contribution >= 4 is 5.96 Å². The molecule has 6 nitrogen and oxygen atoms in total. The highest BCUT2D eigenvalue weighted by molar-refractivity contribution is 5.80. The number of aromatic nitrogens is 2. The van der Waals surface area contributed by atoms with E-state index in [2.05, 4.69) is 46.4 Å². The van der Waals surface area contributed by atoms with E-state index in [1.54, 1.807) is 0 Å². The van der Waals surface area contributed by atoms with E-state index in [1.807, 2.05) is 18.8 Å². The Kier molecular flexibility index (Phi) is 7.60. The van der Waals surface area contributed by atoms with Crippen molar-refractivity contribution in [1.29, 1.82) is 0 Å². The Morgan fingerprint density at radius 3 is 2.34 bits per heavy atom. The highest BCUT2D eigenvalue weighted by Crippen LogP contribution is 2.35. The van der Waals surface area contributed by atoms with E-state index >= 15 is 0 Å². The zero-order valence-electron chi connectivity index (χ0n) is 19.4. The smallest absolute Gasteiger partial charge is 0.191 e. The van der Waals surface area contributed by atoms with Gasteiger partial charge in [0.25, 0.3) is 0 Å². The average Bonchev–Trinajstić information content (AvgIpc) is 2.98. The molecule has 1 saturated heterocycles. The average molecular weight is 403 g/mol. The number of likely N-dealkylation sites (tertiary alicyclic amines) is 1. The van der Waals surface area contributed by atoms with Gasteiger partial charge in [0.2, 0.25) is 0 Å². The van der Waals surface area contributed by atoms with Gasteiger partial charge in [-0.25, -0.2) is 0 Å². The van der Waals surface area contributed by atoms with Gasteiger partial charge in [0, 0.05) is 37.9 Å². The van der Waals surface area contributed by atoms with Crippen molar-refractivity contribution in [3.8, 4) is 0 Å². The number of nitrogens with one attached hydrogen (secondary N) is 2. The fourth-order valence-electron chi connectivity index (χ4n) is 5.33. The Balaban J connectivity index is 1.59. The Morgan fingerprint density at radius 1 is 1.10 bits per heavy atom. The summed E-state index contributed by atoms with van der Waals surface area (Å²) in [5.41, 5.74) is 4.05. The van der Waals surface area contributed by atoms with Gasteiger partial charge >= 0.3 is 0 Å². The number of rotatable bonds is 6. The molecule has 1 aliphatic carbocycles. The van der Waals surface area contributed by atoms with Crippen LogP contribution in [0.3, 0.4) is 0 Å². The fourth-order valence-corrected chi connectivity index (χ4v) is 5.33.